The lowest BCUT2D eigenvalue weighted by Crippen LogP contribution is -2.43. The number of benzene rings is 1. The van der Waals surface area contributed by atoms with E-state index in [-0.39, 0.29) is 16.8 Å². The largest absolute Gasteiger partial charge is 0.379 e. The van der Waals surface area contributed by atoms with Crippen molar-refractivity contribution in [2.75, 3.05) is 59.2 Å². The first-order chi connectivity index (χ1) is 16.0. The molecule has 0 aliphatic carbocycles. The number of morpholine rings is 2. The number of sulfonamides is 1. The smallest absolute Gasteiger partial charge is 0.251 e. The van der Waals surface area contributed by atoms with Crippen molar-refractivity contribution in [1.82, 2.24) is 14.5 Å². The summed E-state index contributed by atoms with van der Waals surface area (Å²) < 4.78 is 38.8. The molecule has 8 nitrogen and oxygen atoms in total. The highest BCUT2D eigenvalue weighted by Crippen LogP contribution is 2.26. The van der Waals surface area contributed by atoms with E-state index in [0.29, 0.717) is 63.6 Å². The van der Waals surface area contributed by atoms with Gasteiger partial charge in [-0.1, -0.05) is 19.1 Å². The van der Waals surface area contributed by atoms with E-state index in [1.54, 1.807) is 23.5 Å². The van der Waals surface area contributed by atoms with Gasteiger partial charge in [0.05, 0.1) is 37.4 Å². The number of thiophene rings is 1. The lowest BCUT2D eigenvalue weighted by molar-refractivity contribution is 0.0169. The van der Waals surface area contributed by atoms with Crippen LogP contribution in [0, 0.1) is 0 Å². The third-order valence-corrected chi connectivity index (χ3v) is 9.07. The van der Waals surface area contributed by atoms with Gasteiger partial charge in [0, 0.05) is 43.2 Å². The molecule has 4 rings (SSSR count). The molecule has 1 N–H and O–H groups in total. The zero-order chi connectivity index (χ0) is 23.3. The van der Waals surface area contributed by atoms with Gasteiger partial charge in [-0.05, 0) is 35.6 Å². The van der Waals surface area contributed by atoms with E-state index >= 15 is 0 Å². The molecule has 0 radical (unpaired) electrons. The molecule has 1 atom stereocenters. The van der Waals surface area contributed by atoms with E-state index in [1.807, 2.05) is 18.4 Å². The highest BCUT2D eigenvalue weighted by molar-refractivity contribution is 7.89. The SMILES string of the molecule is CCc1ccc(C(=O)NCC(c2cccs2)N2CCOCC2)cc1S(=O)(=O)N1CCOCC1. The molecule has 10 heteroatoms. The van der Waals surface area contributed by atoms with Crippen molar-refractivity contribution in [3.63, 3.8) is 0 Å². The lowest BCUT2D eigenvalue weighted by Gasteiger charge is -2.34. The summed E-state index contributed by atoms with van der Waals surface area (Å²) in [6, 6.07) is 9.14. The van der Waals surface area contributed by atoms with Crippen LogP contribution in [0.2, 0.25) is 0 Å². The average Bonchev–Trinajstić information content (AvgIpc) is 3.39. The van der Waals surface area contributed by atoms with Gasteiger partial charge in [-0.2, -0.15) is 4.31 Å². The molecule has 2 aliphatic rings. The Morgan fingerprint density at radius 3 is 2.42 bits per heavy atom. The zero-order valence-electron chi connectivity index (χ0n) is 18.9. The first-order valence-electron chi connectivity index (χ1n) is 11.3. The Bertz CT molecular complexity index is 1030. The number of nitrogens with one attached hydrogen (secondary N) is 1. The Morgan fingerprint density at radius 2 is 1.79 bits per heavy atom. The number of hydrogen-bond acceptors (Lipinski definition) is 7. The number of aryl methyl sites for hydroxylation is 1. The molecule has 0 spiro atoms. The minimum atomic E-state index is -3.69. The molecular formula is C23H31N3O5S2. The number of carbonyl (C=O) groups is 1. The number of rotatable bonds is 8. The van der Waals surface area contributed by atoms with Crippen molar-refractivity contribution in [3.8, 4) is 0 Å². The van der Waals surface area contributed by atoms with E-state index < -0.39 is 10.0 Å². The highest BCUT2D eigenvalue weighted by Gasteiger charge is 2.29. The second-order valence-corrected chi connectivity index (χ2v) is 11.0. The van der Waals surface area contributed by atoms with Gasteiger partial charge in [-0.25, -0.2) is 8.42 Å². The molecule has 1 aromatic carbocycles. The number of hydrogen-bond donors (Lipinski definition) is 1. The summed E-state index contributed by atoms with van der Waals surface area (Å²) in [4.78, 5) is 16.8. The van der Waals surface area contributed by atoms with Gasteiger partial charge in [0.1, 0.15) is 0 Å². The maximum atomic E-state index is 13.3. The van der Waals surface area contributed by atoms with Crippen LogP contribution in [-0.2, 0) is 25.9 Å². The number of amides is 1. The summed E-state index contributed by atoms with van der Waals surface area (Å²) in [6.07, 6.45) is 0.568. The molecule has 2 aliphatic heterocycles. The van der Waals surface area contributed by atoms with E-state index in [1.165, 1.54) is 15.2 Å². The summed E-state index contributed by atoms with van der Waals surface area (Å²) in [5.41, 5.74) is 1.06. The van der Waals surface area contributed by atoms with Crippen LogP contribution in [0.3, 0.4) is 0 Å². The van der Waals surface area contributed by atoms with Crippen molar-refractivity contribution in [2.24, 2.45) is 0 Å². The molecule has 2 aromatic rings. The Kier molecular flexibility index (Phi) is 8.15. The predicted octanol–water partition coefficient (Wildman–Crippen LogP) is 2.13. The van der Waals surface area contributed by atoms with Crippen LogP contribution in [0.4, 0.5) is 0 Å². The Morgan fingerprint density at radius 1 is 1.09 bits per heavy atom. The minimum Gasteiger partial charge on any atom is -0.379 e. The van der Waals surface area contributed by atoms with Crippen molar-refractivity contribution >= 4 is 27.3 Å². The maximum absolute atomic E-state index is 13.3. The highest BCUT2D eigenvalue weighted by atomic mass is 32.2. The normalized spacial score (nSPS) is 19.3. The quantitative estimate of drug-likeness (QED) is 0.606. The maximum Gasteiger partial charge on any atom is 0.251 e. The predicted molar refractivity (Wildman–Crippen MR) is 127 cm³/mol. The van der Waals surface area contributed by atoms with Crippen molar-refractivity contribution < 1.29 is 22.7 Å². The van der Waals surface area contributed by atoms with Gasteiger partial charge >= 0.3 is 0 Å². The zero-order valence-corrected chi connectivity index (χ0v) is 20.5. The van der Waals surface area contributed by atoms with Crippen LogP contribution >= 0.6 is 11.3 Å². The van der Waals surface area contributed by atoms with E-state index in [9.17, 15) is 13.2 Å². The first kappa shape index (κ1) is 24.3. The third kappa shape index (κ3) is 5.64. The second-order valence-electron chi connectivity index (χ2n) is 8.08. The lowest BCUT2D eigenvalue weighted by atomic mass is 10.1. The van der Waals surface area contributed by atoms with Gasteiger partial charge in [0.2, 0.25) is 10.0 Å². The van der Waals surface area contributed by atoms with E-state index in [4.69, 9.17) is 9.47 Å². The number of carbonyl (C=O) groups excluding carboxylic acids is 1. The fraction of sp³-hybridized carbons (Fsp3) is 0.522. The summed E-state index contributed by atoms with van der Waals surface area (Å²) >= 11 is 1.67. The fourth-order valence-corrected chi connectivity index (χ4v) is 6.81. The van der Waals surface area contributed by atoms with Gasteiger partial charge in [0.15, 0.2) is 0 Å². The Labute approximate surface area is 199 Å². The molecule has 2 fully saturated rings. The fourth-order valence-electron chi connectivity index (χ4n) is 4.23. The third-order valence-electron chi connectivity index (χ3n) is 6.11. The van der Waals surface area contributed by atoms with Crippen LogP contribution in [0.25, 0.3) is 0 Å². The summed E-state index contributed by atoms with van der Waals surface area (Å²) in [6.45, 7) is 6.75. The van der Waals surface area contributed by atoms with E-state index in [0.717, 1.165) is 13.1 Å². The summed E-state index contributed by atoms with van der Waals surface area (Å²) in [5, 5.41) is 5.08. The molecule has 1 unspecified atom stereocenters. The topological polar surface area (TPSA) is 88.2 Å². The van der Waals surface area contributed by atoms with E-state index in [2.05, 4.69) is 16.3 Å². The Balaban J connectivity index is 1.52. The average molecular weight is 494 g/mol. The van der Waals surface area contributed by atoms with Crippen LogP contribution < -0.4 is 5.32 Å². The molecule has 33 heavy (non-hydrogen) atoms. The Hall–Kier alpha value is -1.82. The molecule has 180 valence electrons. The standard InChI is InChI=1S/C23H31N3O5S2/c1-2-18-5-6-19(16-22(18)33(28,29)26-9-13-31-14-10-26)23(27)24-17-20(21-4-3-15-32-21)25-7-11-30-12-8-25/h3-6,15-16,20H,2,7-14,17H2,1H3,(H,24,27). The van der Waals surface area contributed by atoms with Crippen LogP contribution in [-0.4, -0.2) is 82.7 Å². The number of ether oxygens (including phenoxy) is 2. The molecule has 1 amide bonds. The summed E-state index contributed by atoms with van der Waals surface area (Å²) in [7, 11) is -3.69. The van der Waals surface area contributed by atoms with Crippen LogP contribution in [0.5, 0.6) is 0 Å². The van der Waals surface area contributed by atoms with Gasteiger partial charge in [-0.15, -0.1) is 11.3 Å². The van der Waals surface area contributed by atoms with Crippen molar-refractivity contribution in [2.45, 2.75) is 24.3 Å². The van der Waals surface area contributed by atoms with Gasteiger partial charge in [-0.3, -0.25) is 9.69 Å². The molecule has 3 heterocycles. The summed E-state index contributed by atoms with van der Waals surface area (Å²) in [5.74, 6) is -0.272. The van der Waals surface area contributed by atoms with Crippen LogP contribution in [0.15, 0.2) is 40.6 Å². The van der Waals surface area contributed by atoms with Crippen LogP contribution in [0.1, 0.15) is 33.8 Å². The molecule has 1 aromatic heterocycles. The molecule has 0 bridgehead atoms. The van der Waals surface area contributed by atoms with Crippen molar-refractivity contribution in [3.05, 3.63) is 51.7 Å². The monoisotopic (exact) mass is 493 g/mol. The molecular weight excluding hydrogens is 462 g/mol. The first-order valence-corrected chi connectivity index (χ1v) is 13.7. The minimum absolute atomic E-state index is 0.0596. The number of nitrogens with zero attached hydrogens (tertiary/aromatic N) is 2. The van der Waals surface area contributed by atoms with Gasteiger partial charge < -0.3 is 14.8 Å². The molecule has 0 saturated carbocycles. The molecule has 2 saturated heterocycles. The second kappa shape index (κ2) is 11.1. The van der Waals surface area contributed by atoms with Crippen molar-refractivity contribution in [1.29, 1.82) is 0 Å². The van der Waals surface area contributed by atoms with Gasteiger partial charge in [0.25, 0.3) is 5.91 Å².